The van der Waals surface area contributed by atoms with E-state index >= 15 is 0 Å². The molecule has 0 bridgehead atoms. The molecular weight excluding hydrogens is 240 g/mol. The predicted octanol–water partition coefficient (Wildman–Crippen LogP) is 1.84. The van der Waals surface area contributed by atoms with Crippen LogP contribution in [0.4, 0.5) is 0 Å². The zero-order valence-electron chi connectivity index (χ0n) is 9.08. The van der Waals surface area contributed by atoms with Crippen LogP contribution in [-0.4, -0.2) is 28.2 Å². The van der Waals surface area contributed by atoms with Crippen molar-refractivity contribution in [2.45, 2.75) is 6.42 Å². The van der Waals surface area contributed by atoms with Crippen molar-refractivity contribution in [3.8, 4) is 5.88 Å². The SMILES string of the molecule is COc1ccc(Cc2ncc(C(=O)O)s2)cn1. The van der Waals surface area contributed by atoms with E-state index in [1.807, 2.05) is 6.07 Å². The minimum absolute atomic E-state index is 0.251. The molecule has 0 radical (unpaired) electrons. The number of carboxylic acid groups (broad SMARTS) is 1. The van der Waals surface area contributed by atoms with Gasteiger partial charge in [-0.05, 0) is 5.56 Å². The van der Waals surface area contributed by atoms with Gasteiger partial charge in [0, 0.05) is 18.7 Å². The van der Waals surface area contributed by atoms with E-state index in [4.69, 9.17) is 9.84 Å². The monoisotopic (exact) mass is 250 g/mol. The van der Waals surface area contributed by atoms with Gasteiger partial charge >= 0.3 is 5.97 Å². The first-order chi connectivity index (χ1) is 8.19. The molecule has 0 unspecified atom stereocenters. The van der Waals surface area contributed by atoms with Gasteiger partial charge in [0.2, 0.25) is 5.88 Å². The third-order valence-electron chi connectivity index (χ3n) is 2.13. The standard InChI is InChI=1S/C11H10N2O3S/c1-16-9-3-2-7(5-12-9)4-10-13-6-8(17-10)11(14)15/h2-3,5-6H,4H2,1H3,(H,14,15). The van der Waals surface area contributed by atoms with Crippen molar-refractivity contribution in [3.05, 3.63) is 40.0 Å². The normalized spacial score (nSPS) is 10.2. The van der Waals surface area contributed by atoms with Gasteiger partial charge in [-0.15, -0.1) is 11.3 Å². The molecule has 0 spiro atoms. The van der Waals surface area contributed by atoms with Crippen LogP contribution in [0.15, 0.2) is 24.5 Å². The zero-order chi connectivity index (χ0) is 12.3. The highest BCUT2D eigenvalue weighted by Gasteiger charge is 2.09. The molecule has 2 heterocycles. The number of rotatable bonds is 4. The molecule has 6 heteroatoms. The Morgan fingerprint density at radius 1 is 1.41 bits per heavy atom. The van der Waals surface area contributed by atoms with E-state index in [0.29, 0.717) is 12.3 Å². The fourth-order valence-electron chi connectivity index (χ4n) is 1.30. The highest BCUT2D eigenvalue weighted by Crippen LogP contribution is 2.17. The number of aromatic carboxylic acids is 1. The maximum absolute atomic E-state index is 10.7. The van der Waals surface area contributed by atoms with Gasteiger partial charge in [-0.2, -0.15) is 0 Å². The molecule has 0 aliphatic heterocycles. The van der Waals surface area contributed by atoms with Crippen LogP contribution in [0, 0.1) is 0 Å². The highest BCUT2D eigenvalue weighted by atomic mass is 32.1. The Bertz CT molecular complexity index is 522. The van der Waals surface area contributed by atoms with Gasteiger partial charge in [-0.1, -0.05) is 6.07 Å². The van der Waals surface area contributed by atoms with E-state index in [1.165, 1.54) is 17.5 Å². The average Bonchev–Trinajstić information content (AvgIpc) is 2.79. The molecule has 88 valence electrons. The Labute approximate surface area is 102 Å². The number of aromatic nitrogens is 2. The summed E-state index contributed by atoms with van der Waals surface area (Å²) in [7, 11) is 1.56. The first-order valence-corrected chi connectivity index (χ1v) is 5.67. The lowest BCUT2D eigenvalue weighted by atomic mass is 10.2. The molecule has 0 aliphatic rings. The van der Waals surface area contributed by atoms with E-state index in [9.17, 15) is 4.79 Å². The van der Waals surface area contributed by atoms with Crippen LogP contribution < -0.4 is 4.74 Å². The molecule has 0 aliphatic carbocycles. The quantitative estimate of drug-likeness (QED) is 0.896. The van der Waals surface area contributed by atoms with E-state index < -0.39 is 5.97 Å². The molecular formula is C11H10N2O3S. The van der Waals surface area contributed by atoms with Crippen molar-refractivity contribution < 1.29 is 14.6 Å². The second-order valence-corrected chi connectivity index (χ2v) is 4.42. The number of thiazole rings is 1. The number of carbonyl (C=O) groups is 1. The molecule has 0 amide bonds. The number of methoxy groups -OCH3 is 1. The molecule has 2 aromatic rings. The number of hydrogen-bond acceptors (Lipinski definition) is 5. The van der Waals surface area contributed by atoms with Crippen molar-refractivity contribution in [1.29, 1.82) is 0 Å². The fraction of sp³-hybridized carbons (Fsp3) is 0.182. The summed E-state index contributed by atoms with van der Waals surface area (Å²) < 4.78 is 4.95. The van der Waals surface area contributed by atoms with Crippen LogP contribution in [0.1, 0.15) is 20.2 Å². The van der Waals surface area contributed by atoms with Gasteiger partial charge in [-0.3, -0.25) is 0 Å². The van der Waals surface area contributed by atoms with Crippen LogP contribution in [0.25, 0.3) is 0 Å². The topological polar surface area (TPSA) is 72.3 Å². The Hall–Kier alpha value is -1.95. The Kier molecular flexibility index (Phi) is 3.34. The summed E-state index contributed by atoms with van der Waals surface area (Å²) in [5.74, 6) is -0.388. The molecule has 0 saturated heterocycles. The first kappa shape index (κ1) is 11.5. The zero-order valence-corrected chi connectivity index (χ0v) is 9.90. The third kappa shape index (κ3) is 2.79. The molecule has 0 aromatic carbocycles. The van der Waals surface area contributed by atoms with Crippen molar-refractivity contribution in [2.75, 3.05) is 7.11 Å². The van der Waals surface area contributed by atoms with Crippen molar-refractivity contribution in [3.63, 3.8) is 0 Å². The summed E-state index contributed by atoms with van der Waals surface area (Å²) in [6.07, 6.45) is 3.65. The van der Waals surface area contributed by atoms with Gasteiger partial charge in [-0.25, -0.2) is 14.8 Å². The largest absolute Gasteiger partial charge is 0.481 e. The number of carboxylic acids is 1. The average molecular weight is 250 g/mol. The Morgan fingerprint density at radius 2 is 2.24 bits per heavy atom. The number of pyridine rings is 1. The van der Waals surface area contributed by atoms with Crippen LogP contribution in [0.2, 0.25) is 0 Å². The molecule has 2 rings (SSSR count). The van der Waals surface area contributed by atoms with Crippen molar-refractivity contribution in [1.82, 2.24) is 9.97 Å². The highest BCUT2D eigenvalue weighted by molar-refractivity contribution is 7.13. The summed E-state index contributed by atoms with van der Waals surface area (Å²) >= 11 is 1.18. The summed E-state index contributed by atoms with van der Waals surface area (Å²) in [6, 6.07) is 3.65. The van der Waals surface area contributed by atoms with E-state index in [1.54, 1.807) is 19.4 Å². The summed E-state index contributed by atoms with van der Waals surface area (Å²) in [6.45, 7) is 0. The smallest absolute Gasteiger partial charge is 0.347 e. The predicted molar refractivity (Wildman–Crippen MR) is 62.7 cm³/mol. The lowest BCUT2D eigenvalue weighted by Gasteiger charge is -2.00. The minimum Gasteiger partial charge on any atom is -0.481 e. The molecule has 0 fully saturated rings. The van der Waals surface area contributed by atoms with Gasteiger partial charge in [0.1, 0.15) is 4.88 Å². The maximum Gasteiger partial charge on any atom is 0.347 e. The van der Waals surface area contributed by atoms with Gasteiger partial charge in [0.25, 0.3) is 0 Å². The van der Waals surface area contributed by atoms with Crippen LogP contribution in [-0.2, 0) is 6.42 Å². The lowest BCUT2D eigenvalue weighted by molar-refractivity contribution is 0.0702. The summed E-state index contributed by atoms with van der Waals surface area (Å²) in [5, 5.41) is 9.53. The first-order valence-electron chi connectivity index (χ1n) is 4.86. The van der Waals surface area contributed by atoms with Gasteiger partial charge in [0.05, 0.1) is 18.3 Å². The Balaban J connectivity index is 2.11. The number of hydrogen-bond donors (Lipinski definition) is 1. The second kappa shape index (κ2) is 4.92. The van der Waals surface area contributed by atoms with E-state index in [0.717, 1.165) is 10.6 Å². The molecule has 0 atom stereocenters. The molecule has 0 saturated carbocycles. The summed E-state index contributed by atoms with van der Waals surface area (Å²) in [4.78, 5) is 19.1. The minimum atomic E-state index is -0.943. The molecule has 17 heavy (non-hydrogen) atoms. The van der Waals surface area contributed by atoms with Crippen LogP contribution in [0.5, 0.6) is 5.88 Å². The van der Waals surface area contributed by atoms with Gasteiger partial charge < -0.3 is 9.84 Å². The maximum atomic E-state index is 10.7. The number of ether oxygens (including phenoxy) is 1. The molecule has 2 aromatic heterocycles. The summed E-state index contributed by atoms with van der Waals surface area (Å²) in [5.41, 5.74) is 0.970. The van der Waals surface area contributed by atoms with Crippen LogP contribution >= 0.6 is 11.3 Å². The van der Waals surface area contributed by atoms with Crippen LogP contribution in [0.3, 0.4) is 0 Å². The third-order valence-corrected chi connectivity index (χ3v) is 3.11. The Morgan fingerprint density at radius 3 is 2.76 bits per heavy atom. The van der Waals surface area contributed by atoms with Gasteiger partial charge in [0.15, 0.2) is 0 Å². The van der Waals surface area contributed by atoms with Crippen molar-refractivity contribution >= 4 is 17.3 Å². The fourth-order valence-corrected chi connectivity index (χ4v) is 2.09. The van der Waals surface area contributed by atoms with Crippen molar-refractivity contribution in [2.24, 2.45) is 0 Å². The number of nitrogens with zero attached hydrogens (tertiary/aromatic N) is 2. The molecule has 1 N–H and O–H groups in total. The lowest BCUT2D eigenvalue weighted by Crippen LogP contribution is -1.91. The van der Waals surface area contributed by atoms with E-state index in [2.05, 4.69) is 9.97 Å². The molecule has 5 nitrogen and oxygen atoms in total. The second-order valence-electron chi connectivity index (χ2n) is 3.31. The van der Waals surface area contributed by atoms with E-state index in [-0.39, 0.29) is 4.88 Å².